The number of nitrogens with two attached hydrogens (primary N) is 1. The second-order valence-corrected chi connectivity index (χ2v) is 8.94. The minimum Gasteiger partial charge on any atom is -0.467 e. The van der Waals surface area contributed by atoms with Crippen molar-refractivity contribution >= 4 is 44.9 Å². The summed E-state index contributed by atoms with van der Waals surface area (Å²) in [7, 11) is 3.11. The van der Waals surface area contributed by atoms with Crippen LogP contribution in [0.5, 0.6) is 6.01 Å². The van der Waals surface area contributed by atoms with Gasteiger partial charge >= 0.3 is 6.01 Å². The summed E-state index contributed by atoms with van der Waals surface area (Å²) in [5.41, 5.74) is 8.14. The van der Waals surface area contributed by atoms with Crippen molar-refractivity contribution in [1.82, 2.24) is 25.1 Å². The molecule has 5 rings (SSSR count). The first-order chi connectivity index (χ1) is 16.7. The number of nitrogens with zero attached hydrogens (tertiary/aromatic N) is 5. The van der Waals surface area contributed by atoms with E-state index < -0.39 is 11.7 Å². The van der Waals surface area contributed by atoms with Gasteiger partial charge in [0.15, 0.2) is 5.82 Å². The van der Waals surface area contributed by atoms with Gasteiger partial charge in [-0.1, -0.05) is 0 Å². The Hall–Kier alpha value is -3.99. The molecule has 4 N–H and O–H groups in total. The summed E-state index contributed by atoms with van der Waals surface area (Å²) in [6.07, 6.45) is 1.67. The quantitative estimate of drug-likeness (QED) is 0.409. The Morgan fingerprint density at radius 3 is 2.66 bits per heavy atom. The summed E-state index contributed by atoms with van der Waals surface area (Å²) in [5.74, 6) is -0.705. The highest BCUT2D eigenvalue weighted by atomic mass is 19.1. The van der Waals surface area contributed by atoms with Crippen molar-refractivity contribution in [2.24, 2.45) is 7.05 Å². The SMILES string of the molecule is COc1ncc2c(N3C[C@@H](C)N[C@@H](C)C3)ccc(C(=O)Nc3cc(F)c4nn(C)c(N)c4c3)c2n1. The first kappa shape index (κ1) is 22.8. The number of amides is 1. The number of carbonyl (C=O) groups is 1. The van der Waals surface area contributed by atoms with E-state index in [1.165, 1.54) is 17.9 Å². The molecule has 2 aromatic heterocycles. The number of aryl methyl sites for hydroxylation is 1. The summed E-state index contributed by atoms with van der Waals surface area (Å²) in [5, 5.41) is 11.5. The van der Waals surface area contributed by atoms with Gasteiger partial charge in [0, 0.05) is 60.6 Å². The average molecular weight is 479 g/mol. The van der Waals surface area contributed by atoms with E-state index in [0.717, 1.165) is 24.2 Å². The van der Waals surface area contributed by atoms with Crippen molar-refractivity contribution in [3.8, 4) is 6.01 Å². The molecule has 0 radical (unpaired) electrons. The monoisotopic (exact) mass is 478 g/mol. The van der Waals surface area contributed by atoms with Gasteiger partial charge in [0.25, 0.3) is 5.91 Å². The lowest BCUT2D eigenvalue weighted by Crippen LogP contribution is -2.54. The molecule has 0 saturated carbocycles. The lowest BCUT2D eigenvalue weighted by atomic mass is 10.0. The van der Waals surface area contributed by atoms with Crippen LogP contribution in [0.3, 0.4) is 0 Å². The summed E-state index contributed by atoms with van der Waals surface area (Å²) >= 11 is 0. The van der Waals surface area contributed by atoms with E-state index in [4.69, 9.17) is 10.5 Å². The van der Waals surface area contributed by atoms with E-state index in [1.807, 2.05) is 6.07 Å². The van der Waals surface area contributed by atoms with Gasteiger partial charge in [-0.3, -0.25) is 9.48 Å². The lowest BCUT2D eigenvalue weighted by Gasteiger charge is -2.38. The Morgan fingerprint density at radius 1 is 1.20 bits per heavy atom. The Bertz CT molecular complexity index is 1440. The van der Waals surface area contributed by atoms with Crippen LogP contribution in [-0.4, -0.2) is 57.9 Å². The average Bonchev–Trinajstić information content (AvgIpc) is 3.11. The fraction of sp³-hybridized carbons (Fsp3) is 0.333. The molecule has 182 valence electrons. The van der Waals surface area contributed by atoms with Crippen LogP contribution in [0.15, 0.2) is 30.5 Å². The van der Waals surface area contributed by atoms with Crippen LogP contribution in [0.2, 0.25) is 0 Å². The molecule has 0 aliphatic carbocycles. The molecule has 3 heterocycles. The van der Waals surface area contributed by atoms with Crippen LogP contribution in [0.25, 0.3) is 21.8 Å². The van der Waals surface area contributed by atoms with Crippen LogP contribution in [-0.2, 0) is 7.05 Å². The fourth-order valence-corrected chi connectivity index (χ4v) is 4.71. The van der Waals surface area contributed by atoms with Crippen LogP contribution in [0.1, 0.15) is 24.2 Å². The van der Waals surface area contributed by atoms with Crippen molar-refractivity contribution < 1.29 is 13.9 Å². The molecule has 10 nitrogen and oxygen atoms in total. The number of hydrogen-bond acceptors (Lipinski definition) is 8. The molecule has 0 unspecified atom stereocenters. The van der Waals surface area contributed by atoms with Crippen LogP contribution in [0.4, 0.5) is 21.6 Å². The van der Waals surface area contributed by atoms with Gasteiger partial charge in [-0.05, 0) is 38.1 Å². The molecule has 1 amide bonds. The molecular weight excluding hydrogens is 451 g/mol. The van der Waals surface area contributed by atoms with Crippen molar-refractivity contribution in [2.75, 3.05) is 36.1 Å². The zero-order valence-electron chi connectivity index (χ0n) is 20.0. The summed E-state index contributed by atoms with van der Waals surface area (Å²) in [4.78, 5) is 24.4. The number of piperazine rings is 1. The topological polar surface area (TPSA) is 123 Å². The maximum Gasteiger partial charge on any atom is 0.316 e. The molecule has 35 heavy (non-hydrogen) atoms. The third-order valence-electron chi connectivity index (χ3n) is 6.23. The predicted molar refractivity (Wildman–Crippen MR) is 133 cm³/mol. The molecular formula is C24H27FN8O2. The van der Waals surface area contributed by atoms with E-state index >= 15 is 0 Å². The number of carbonyl (C=O) groups excluding carboxylic acids is 1. The summed E-state index contributed by atoms with van der Waals surface area (Å²) < 4.78 is 21.3. The molecule has 1 aliphatic heterocycles. The largest absolute Gasteiger partial charge is 0.467 e. The van der Waals surface area contributed by atoms with Crippen LogP contribution in [0, 0.1) is 5.82 Å². The van der Waals surface area contributed by atoms with Crippen molar-refractivity contribution in [1.29, 1.82) is 0 Å². The van der Waals surface area contributed by atoms with Gasteiger partial charge < -0.3 is 26.0 Å². The highest BCUT2D eigenvalue weighted by Gasteiger charge is 2.25. The maximum absolute atomic E-state index is 14.6. The van der Waals surface area contributed by atoms with Gasteiger partial charge in [0.1, 0.15) is 11.3 Å². The number of hydrogen-bond donors (Lipinski definition) is 3. The second kappa shape index (κ2) is 8.66. The highest BCUT2D eigenvalue weighted by molar-refractivity contribution is 6.14. The number of nitrogen functional groups attached to an aromatic ring is 1. The number of halogens is 1. The van der Waals surface area contributed by atoms with Crippen molar-refractivity contribution in [2.45, 2.75) is 25.9 Å². The van der Waals surface area contributed by atoms with Crippen molar-refractivity contribution in [3.05, 3.63) is 41.8 Å². The molecule has 4 aromatic rings. The fourth-order valence-electron chi connectivity index (χ4n) is 4.71. The standard InChI is InChI=1S/C24H27FN8O2/c1-12-10-33(11-13(2)28-12)19-6-5-15(20-17(19)9-27-24(30-20)35-4)23(34)29-14-7-16-21(18(25)8-14)31-32(3)22(16)26/h5-9,12-13,28H,10-11,26H2,1-4H3,(H,29,34)/t12-,13+. The van der Waals surface area contributed by atoms with Gasteiger partial charge in [0.05, 0.1) is 18.2 Å². The third-order valence-corrected chi connectivity index (χ3v) is 6.23. The molecule has 0 bridgehead atoms. The molecule has 1 saturated heterocycles. The number of rotatable bonds is 4. The zero-order valence-corrected chi connectivity index (χ0v) is 20.0. The van der Waals surface area contributed by atoms with Gasteiger partial charge in [-0.15, -0.1) is 0 Å². The lowest BCUT2D eigenvalue weighted by molar-refractivity contribution is 0.102. The minimum absolute atomic E-state index is 0.148. The molecule has 1 fully saturated rings. The summed E-state index contributed by atoms with van der Waals surface area (Å²) in [6.45, 7) is 5.89. The van der Waals surface area contributed by atoms with E-state index in [1.54, 1.807) is 25.4 Å². The van der Waals surface area contributed by atoms with Gasteiger partial charge in [0.2, 0.25) is 0 Å². The zero-order chi connectivity index (χ0) is 24.9. The second-order valence-electron chi connectivity index (χ2n) is 8.94. The smallest absolute Gasteiger partial charge is 0.316 e. The Kier molecular flexibility index (Phi) is 5.64. The normalized spacial score (nSPS) is 18.3. The maximum atomic E-state index is 14.6. The van der Waals surface area contributed by atoms with E-state index in [9.17, 15) is 9.18 Å². The number of nitrogens with one attached hydrogen (secondary N) is 2. The number of methoxy groups -OCH3 is 1. The number of ether oxygens (including phenoxy) is 1. The molecule has 1 aliphatic rings. The van der Waals surface area contributed by atoms with Crippen molar-refractivity contribution in [3.63, 3.8) is 0 Å². The number of aromatic nitrogens is 4. The number of fused-ring (bicyclic) bond motifs is 2. The van der Waals surface area contributed by atoms with E-state index in [-0.39, 0.29) is 17.2 Å². The molecule has 0 spiro atoms. The first-order valence-corrected chi connectivity index (χ1v) is 11.3. The van der Waals surface area contributed by atoms with Crippen LogP contribution >= 0.6 is 0 Å². The minimum atomic E-state index is -0.573. The Morgan fingerprint density at radius 2 is 1.94 bits per heavy atom. The Labute approximate surface area is 201 Å². The Balaban J connectivity index is 1.55. The highest BCUT2D eigenvalue weighted by Crippen LogP contribution is 2.32. The van der Waals surface area contributed by atoms with Crippen LogP contribution < -0.4 is 26.0 Å². The summed E-state index contributed by atoms with van der Waals surface area (Å²) in [6, 6.07) is 7.23. The van der Waals surface area contributed by atoms with E-state index in [0.29, 0.717) is 34.4 Å². The van der Waals surface area contributed by atoms with Gasteiger partial charge in [-0.25, -0.2) is 9.37 Å². The molecule has 2 aromatic carbocycles. The molecule has 11 heteroatoms. The molecule has 2 atom stereocenters. The van der Waals surface area contributed by atoms with Gasteiger partial charge in [-0.2, -0.15) is 10.1 Å². The first-order valence-electron chi connectivity index (χ1n) is 11.3. The number of benzene rings is 2. The third kappa shape index (κ3) is 4.08. The van der Waals surface area contributed by atoms with E-state index in [2.05, 4.69) is 44.4 Å². The predicted octanol–water partition coefficient (Wildman–Crippen LogP) is 2.69. The number of anilines is 3.